The van der Waals surface area contributed by atoms with Crippen molar-refractivity contribution in [3.63, 3.8) is 0 Å². The van der Waals surface area contributed by atoms with E-state index in [9.17, 15) is 13.6 Å². The molecule has 31 heavy (non-hydrogen) atoms. The average molecular weight is 430 g/mol. The van der Waals surface area contributed by atoms with E-state index in [2.05, 4.69) is 4.98 Å². The lowest BCUT2D eigenvalue weighted by molar-refractivity contribution is -0.148. The van der Waals surface area contributed by atoms with Crippen LogP contribution in [0.25, 0.3) is 0 Å². The lowest BCUT2D eigenvalue weighted by Crippen LogP contribution is -2.36. The zero-order valence-electron chi connectivity index (χ0n) is 17.4. The van der Waals surface area contributed by atoms with Crippen molar-refractivity contribution >= 4 is 11.7 Å². The summed E-state index contributed by atoms with van der Waals surface area (Å²) in [5.74, 6) is 0.298. The van der Waals surface area contributed by atoms with Gasteiger partial charge in [0.15, 0.2) is 11.5 Å². The van der Waals surface area contributed by atoms with E-state index in [4.69, 9.17) is 19.2 Å². The number of aliphatic imine (C=N–C) groups is 1. The summed E-state index contributed by atoms with van der Waals surface area (Å²) in [4.78, 5) is 20.7. The zero-order chi connectivity index (χ0) is 22.0. The van der Waals surface area contributed by atoms with E-state index in [0.717, 1.165) is 35.2 Å². The number of hydrogen-bond acceptors (Lipinski definition) is 6. The lowest BCUT2D eigenvalue weighted by atomic mass is 9.74. The number of nitrogens with zero attached hydrogens (tertiary/aromatic N) is 2. The van der Waals surface area contributed by atoms with E-state index in [1.807, 2.05) is 12.1 Å². The lowest BCUT2D eigenvalue weighted by Gasteiger charge is -2.38. The van der Waals surface area contributed by atoms with Gasteiger partial charge in [-0.1, -0.05) is 0 Å². The van der Waals surface area contributed by atoms with Crippen molar-refractivity contribution in [1.82, 2.24) is 4.98 Å². The fourth-order valence-corrected chi connectivity index (χ4v) is 4.43. The number of ether oxygens (including phenoxy) is 3. The van der Waals surface area contributed by atoms with Crippen LogP contribution >= 0.6 is 0 Å². The van der Waals surface area contributed by atoms with Gasteiger partial charge in [0.1, 0.15) is 12.7 Å². The highest BCUT2D eigenvalue weighted by atomic mass is 19.3. The molecule has 1 saturated carbocycles. The van der Waals surface area contributed by atoms with Crippen molar-refractivity contribution < 1.29 is 27.8 Å². The molecule has 8 heteroatoms. The number of alkyl halides is 2. The molecule has 0 saturated heterocycles. The van der Waals surface area contributed by atoms with Crippen LogP contribution in [0, 0.1) is 0 Å². The van der Waals surface area contributed by atoms with Gasteiger partial charge in [-0.25, -0.2) is 8.78 Å². The number of aromatic nitrogens is 1. The summed E-state index contributed by atoms with van der Waals surface area (Å²) >= 11 is 0. The normalized spacial score (nSPS) is 22.2. The maximum Gasteiger partial charge on any atom is 0.302 e. The number of carbonyl (C=O) groups excluding carboxylic acids is 1. The second-order valence-electron chi connectivity index (χ2n) is 7.73. The van der Waals surface area contributed by atoms with Gasteiger partial charge >= 0.3 is 5.97 Å². The van der Waals surface area contributed by atoms with Crippen LogP contribution in [0.3, 0.4) is 0 Å². The topological polar surface area (TPSA) is 70.0 Å². The quantitative estimate of drug-likeness (QED) is 0.644. The second kappa shape index (κ2) is 8.99. The number of halogens is 2. The van der Waals surface area contributed by atoms with Crippen molar-refractivity contribution in [3.8, 4) is 11.5 Å². The molecule has 2 aliphatic rings. The van der Waals surface area contributed by atoms with Gasteiger partial charge in [0.2, 0.25) is 0 Å². The molecule has 0 radical (unpaired) electrons. The predicted octanol–water partition coefficient (Wildman–Crippen LogP) is 4.15. The monoisotopic (exact) mass is 430 g/mol. The summed E-state index contributed by atoms with van der Waals surface area (Å²) < 4.78 is 41.8. The van der Waals surface area contributed by atoms with Crippen LogP contribution in [-0.4, -0.2) is 49.0 Å². The van der Waals surface area contributed by atoms with Crippen LogP contribution in [-0.2, 0) is 9.53 Å². The maximum atomic E-state index is 12.8. The van der Waals surface area contributed by atoms with E-state index in [1.165, 1.54) is 14.0 Å². The van der Waals surface area contributed by atoms with E-state index in [0.29, 0.717) is 12.2 Å². The molecule has 2 aromatic rings. The molecule has 3 atom stereocenters. The molecule has 1 aliphatic heterocycles. The molecule has 0 spiro atoms. The van der Waals surface area contributed by atoms with Gasteiger partial charge in [-0.15, -0.1) is 0 Å². The van der Waals surface area contributed by atoms with Gasteiger partial charge in [0, 0.05) is 36.4 Å². The number of benzene rings is 1. The summed E-state index contributed by atoms with van der Waals surface area (Å²) in [5.41, 5.74) is 3.43. The van der Waals surface area contributed by atoms with Crippen molar-refractivity contribution in [3.05, 3.63) is 53.3 Å². The highest BCUT2D eigenvalue weighted by Gasteiger charge is 2.38. The van der Waals surface area contributed by atoms with Crippen LogP contribution in [0.1, 0.15) is 48.8 Å². The Morgan fingerprint density at radius 1 is 1.26 bits per heavy atom. The average Bonchev–Trinajstić information content (AvgIpc) is 2.76. The molecule has 6 nitrogen and oxygen atoms in total. The Hall–Kier alpha value is -3.03. The fourth-order valence-electron chi connectivity index (χ4n) is 4.43. The van der Waals surface area contributed by atoms with Gasteiger partial charge in [-0.2, -0.15) is 0 Å². The number of carbonyl (C=O) groups is 1. The van der Waals surface area contributed by atoms with E-state index in [-0.39, 0.29) is 29.8 Å². The Bertz CT molecular complexity index is 981. The van der Waals surface area contributed by atoms with Gasteiger partial charge in [-0.3, -0.25) is 14.8 Å². The van der Waals surface area contributed by atoms with E-state index in [1.54, 1.807) is 24.5 Å². The van der Waals surface area contributed by atoms with Crippen molar-refractivity contribution in [2.45, 2.75) is 50.7 Å². The van der Waals surface area contributed by atoms with Gasteiger partial charge in [0.25, 0.3) is 6.43 Å². The molecule has 0 N–H and O–H groups in total. The molecule has 0 amide bonds. The molecule has 1 fully saturated rings. The summed E-state index contributed by atoms with van der Waals surface area (Å²) in [7, 11) is 1.47. The highest BCUT2D eigenvalue weighted by molar-refractivity contribution is 6.14. The van der Waals surface area contributed by atoms with Crippen LogP contribution in [0.2, 0.25) is 0 Å². The van der Waals surface area contributed by atoms with E-state index >= 15 is 0 Å². The Morgan fingerprint density at radius 3 is 2.77 bits per heavy atom. The third-order valence-corrected chi connectivity index (χ3v) is 5.68. The maximum absolute atomic E-state index is 12.8. The van der Waals surface area contributed by atoms with Crippen molar-refractivity contribution in [2.24, 2.45) is 4.99 Å². The van der Waals surface area contributed by atoms with Crippen molar-refractivity contribution in [2.75, 3.05) is 13.7 Å². The van der Waals surface area contributed by atoms with E-state index < -0.39 is 13.0 Å². The van der Waals surface area contributed by atoms with Gasteiger partial charge in [0.05, 0.1) is 18.9 Å². The largest absolute Gasteiger partial charge is 0.493 e. The number of fused-ring (bicyclic) bond motifs is 3. The summed E-state index contributed by atoms with van der Waals surface area (Å²) in [6.45, 7) is 0.684. The fraction of sp³-hybridized carbons (Fsp3) is 0.435. The molecule has 1 aromatic heterocycles. The summed E-state index contributed by atoms with van der Waals surface area (Å²) in [6, 6.07) is 7.33. The molecular formula is C23H24F2N2O4. The second-order valence-corrected chi connectivity index (χ2v) is 7.73. The molecule has 164 valence electrons. The third-order valence-electron chi connectivity index (χ3n) is 5.68. The first-order chi connectivity index (χ1) is 15.0. The Balaban J connectivity index is 1.79. The van der Waals surface area contributed by atoms with Crippen LogP contribution in [0.5, 0.6) is 11.5 Å². The standard InChI is InChI=1S/C23H24F2N2O4/c1-13(28)31-15-5-6-19-17(8-15)16-9-21(30-12-22(24)25)20(29-2)10-18(16)23(27-19)14-4-3-7-26-11-14/h3-4,7,9-11,15,17,19,22H,5-6,8,12H2,1-2H3. The molecule has 1 aromatic carbocycles. The highest BCUT2D eigenvalue weighted by Crippen LogP contribution is 2.45. The molecule has 4 rings (SSSR count). The number of pyridine rings is 1. The number of rotatable bonds is 6. The Kier molecular flexibility index (Phi) is 6.15. The molecule has 1 aliphatic carbocycles. The molecular weight excluding hydrogens is 406 g/mol. The molecule has 2 heterocycles. The minimum Gasteiger partial charge on any atom is -0.493 e. The third kappa shape index (κ3) is 4.52. The SMILES string of the molecule is COc1cc2c(cc1OCC(F)F)C1CC(OC(C)=O)CCC1N=C2c1cccnc1. The minimum absolute atomic E-state index is 0.00846. The Morgan fingerprint density at radius 2 is 2.10 bits per heavy atom. The zero-order valence-corrected chi connectivity index (χ0v) is 17.4. The van der Waals surface area contributed by atoms with Crippen molar-refractivity contribution in [1.29, 1.82) is 0 Å². The minimum atomic E-state index is -2.59. The number of methoxy groups -OCH3 is 1. The smallest absolute Gasteiger partial charge is 0.302 e. The molecule has 3 unspecified atom stereocenters. The first kappa shape index (κ1) is 21.2. The van der Waals surface area contributed by atoms with Crippen LogP contribution in [0.4, 0.5) is 8.78 Å². The summed E-state index contributed by atoms with van der Waals surface area (Å²) in [6.07, 6.45) is 2.75. The molecule has 0 bridgehead atoms. The number of esters is 1. The number of hydrogen-bond donors (Lipinski definition) is 0. The van der Waals surface area contributed by atoms with Crippen LogP contribution in [0.15, 0.2) is 41.7 Å². The van der Waals surface area contributed by atoms with Gasteiger partial charge < -0.3 is 14.2 Å². The predicted molar refractivity (Wildman–Crippen MR) is 110 cm³/mol. The first-order valence-electron chi connectivity index (χ1n) is 10.2. The Labute approximate surface area is 179 Å². The first-order valence-corrected chi connectivity index (χ1v) is 10.2. The van der Waals surface area contributed by atoms with Crippen LogP contribution < -0.4 is 9.47 Å². The summed E-state index contributed by atoms with van der Waals surface area (Å²) in [5, 5.41) is 0. The van der Waals surface area contributed by atoms with Gasteiger partial charge in [-0.05, 0) is 49.1 Å².